The molecular formula is C19H23N3O. The predicted octanol–water partition coefficient (Wildman–Crippen LogP) is 2.97. The van der Waals surface area contributed by atoms with E-state index in [2.05, 4.69) is 41.9 Å². The molecule has 0 radical (unpaired) electrons. The van der Waals surface area contributed by atoms with Crippen LogP contribution in [0.25, 0.3) is 0 Å². The highest BCUT2D eigenvalue weighted by atomic mass is 16.2. The first-order valence-electron chi connectivity index (χ1n) is 8.10. The first-order valence-corrected chi connectivity index (χ1v) is 8.10. The minimum absolute atomic E-state index is 0.0937. The number of amides is 1. The molecule has 3 rings (SSSR count). The molecule has 0 bridgehead atoms. The number of piperazine rings is 1. The molecule has 1 aliphatic rings. The molecule has 2 heterocycles. The van der Waals surface area contributed by atoms with Gasteiger partial charge < -0.3 is 9.80 Å². The Kier molecular flexibility index (Phi) is 4.33. The molecule has 4 heteroatoms. The number of anilines is 1. The summed E-state index contributed by atoms with van der Waals surface area (Å²) in [6.45, 7) is 9.44. The lowest BCUT2D eigenvalue weighted by atomic mass is 10.1. The SMILES string of the molecule is Cc1cccc(N2CCN(C(=O)c3cccnc3C)CC2)c1C. The van der Waals surface area contributed by atoms with Gasteiger partial charge in [0.15, 0.2) is 0 Å². The molecule has 1 aromatic carbocycles. The fraction of sp³-hybridized carbons (Fsp3) is 0.368. The van der Waals surface area contributed by atoms with Crippen molar-refractivity contribution in [1.82, 2.24) is 9.88 Å². The van der Waals surface area contributed by atoms with Gasteiger partial charge in [-0.05, 0) is 50.1 Å². The first kappa shape index (κ1) is 15.5. The van der Waals surface area contributed by atoms with Crippen molar-refractivity contribution in [2.24, 2.45) is 0 Å². The largest absolute Gasteiger partial charge is 0.368 e. The van der Waals surface area contributed by atoms with E-state index in [0.29, 0.717) is 5.56 Å². The molecule has 120 valence electrons. The quantitative estimate of drug-likeness (QED) is 0.856. The van der Waals surface area contributed by atoms with Gasteiger partial charge in [-0.2, -0.15) is 0 Å². The lowest BCUT2D eigenvalue weighted by Crippen LogP contribution is -2.49. The summed E-state index contributed by atoms with van der Waals surface area (Å²) < 4.78 is 0. The molecule has 0 N–H and O–H groups in total. The van der Waals surface area contributed by atoms with Gasteiger partial charge in [-0.3, -0.25) is 9.78 Å². The summed E-state index contributed by atoms with van der Waals surface area (Å²) >= 11 is 0. The Morgan fingerprint density at radius 1 is 1.00 bits per heavy atom. The molecule has 0 unspecified atom stereocenters. The Bertz CT molecular complexity index is 718. The van der Waals surface area contributed by atoms with Gasteiger partial charge in [0.2, 0.25) is 0 Å². The Morgan fingerprint density at radius 2 is 1.74 bits per heavy atom. The number of benzene rings is 1. The number of aryl methyl sites for hydroxylation is 2. The third-order valence-electron chi connectivity index (χ3n) is 4.72. The van der Waals surface area contributed by atoms with Crippen LogP contribution in [0.2, 0.25) is 0 Å². The smallest absolute Gasteiger partial charge is 0.255 e. The average molecular weight is 309 g/mol. The van der Waals surface area contributed by atoms with E-state index in [9.17, 15) is 4.79 Å². The van der Waals surface area contributed by atoms with E-state index in [-0.39, 0.29) is 5.91 Å². The van der Waals surface area contributed by atoms with Crippen LogP contribution in [0.1, 0.15) is 27.2 Å². The second-order valence-corrected chi connectivity index (χ2v) is 6.13. The zero-order chi connectivity index (χ0) is 16.4. The van der Waals surface area contributed by atoms with Crippen LogP contribution < -0.4 is 4.90 Å². The number of rotatable bonds is 2. The molecule has 2 aromatic rings. The number of hydrogen-bond acceptors (Lipinski definition) is 3. The number of aromatic nitrogens is 1. The van der Waals surface area contributed by atoms with Crippen molar-refractivity contribution >= 4 is 11.6 Å². The van der Waals surface area contributed by atoms with Gasteiger partial charge in [0, 0.05) is 43.8 Å². The van der Waals surface area contributed by atoms with E-state index in [1.54, 1.807) is 6.20 Å². The standard InChI is InChI=1S/C19H23N3O/c1-14-6-4-8-18(15(14)2)21-10-12-22(13-11-21)19(23)17-7-5-9-20-16(17)3/h4-9H,10-13H2,1-3H3. The van der Waals surface area contributed by atoms with Gasteiger partial charge in [0.25, 0.3) is 5.91 Å². The third-order valence-corrected chi connectivity index (χ3v) is 4.72. The molecule has 0 aliphatic carbocycles. The van der Waals surface area contributed by atoms with Gasteiger partial charge in [-0.15, -0.1) is 0 Å². The van der Waals surface area contributed by atoms with Crippen LogP contribution >= 0.6 is 0 Å². The van der Waals surface area contributed by atoms with Crippen LogP contribution in [0.15, 0.2) is 36.5 Å². The highest BCUT2D eigenvalue weighted by Crippen LogP contribution is 2.24. The zero-order valence-electron chi connectivity index (χ0n) is 14.0. The van der Waals surface area contributed by atoms with Crippen LogP contribution in [0.3, 0.4) is 0 Å². The van der Waals surface area contributed by atoms with Crippen LogP contribution in [-0.2, 0) is 0 Å². The summed E-state index contributed by atoms with van der Waals surface area (Å²) in [5.41, 5.74) is 5.44. The summed E-state index contributed by atoms with van der Waals surface area (Å²) in [5.74, 6) is 0.0937. The van der Waals surface area contributed by atoms with E-state index in [1.807, 2.05) is 24.0 Å². The topological polar surface area (TPSA) is 36.4 Å². The molecule has 1 aromatic heterocycles. The maximum absolute atomic E-state index is 12.7. The second-order valence-electron chi connectivity index (χ2n) is 6.13. The van der Waals surface area contributed by atoms with Gasteiger partial charge in [-0.1, -0.05) is 12.1 Å². The summed E-state index contributed by atoms with van der Waals surface area (Å²) in [7, 11) is 0. The van der Waals surface area contributed by atoms with Crippen molar-refractivity contribution in [2.75, 3.05) is 31.1 Å². The Labute approximate surface area is 137 Å². The molecule has 1 saturated heterocycles. The Hall–Kier alpha value is -2.36. The van der Waals surface area contributed by atoms with E-state index in [4.69, 9.17) is 0 Å². The van der Waals surface area contributed by atoms with Gasteiger partial charge >= 0.3 is 0 Å². The normalized spacial score (nSPS) is 14.9. The van der Waals surface area contributed by atoms with Crippen molar-refractivity contribution in [3.05, 3.63) is 58.9 Å². The first-order chi connectivity index (χ1) is 11.1. The van der Waals surface area contributed by atoms with E-state index < -0.39 is 0 Å². The van der Waals surface area contributed by atoms with Crippen molar-refractivity contribution < 1.29 is 4.79 Å². The van der Waals surface area contributed by atoms with Gasteiger partial charge in [-0.25, -0.2) is 0 Å². The van der Waals surface area contributed by atoms with E-state index in [0.717, 1.165) is 31.9 Å². The predicted molar refractivity (Wildman–Crippen MR) is 93.0 cm³/mol. The van der Waals surface area contributed by atoms with Crippen LogP contribution in [0.5, 0.6) is 0 Å². The zero-order valence-corrected chi connectivity index (χ0v) is 14.0. The minimum Gasteiger partial charge on any atom is -0.368 e. The van der Waals surface area contributed by atoms with E-state index >= 15 is 0 Å². The van der Waals surface area contributed by atoms with E-state index in [1.165, 1.54) is 16.8 Å². The fourth-order valence-electron chi connectivity index (χ4n) is 3.11. The summed E-state index contributed by atoms with van der Waals surface area (Å²) in [5, 5.41) is 0. The lowest BCUT2D eigenvalue weighted by molar-refractivity contribution is 0.0745. The van der Waals surface area contributed by atoms with Crippen molar-refractivity contribution in [3.8, 4) is 0 Å². The molecule has 1 fully saturated rings. The third kappa shape index (κ3) is 3.07. The molecule has 1 amide bonds. The summed E-state index contributed by atoms with van der Waals surface area (Å²) in [6, 6.07) is 10.1. The van der Waals surface area contributed by atoms with Crippen LogP contribution in [0, 0.1) is 20.8 Å². The number of pyridine rings is 1. The van der Waals surface area contributed by atoms with Crippen molar-refractivity contribution in [2.45, 2.75) is 20.8 Å². The Morgan fingerprint density at radius 3 is 2.43 bits per heavy atom. The van der Waals surface area contributed by atoms with Crippen LogP contribution in [0.4, 0.5) is 5.69 Å². The summed E-state index contributed by atoms with van der Waals surface area (Å²) in [6.07, 6.45) is 1.73. The van der Waals surface area contributed by atoms with Crippen molar-refractivity contribution in [1.29, 1.82) is 0 Å². The summed E-state index contributed by atoms with van der Waals surface area (Å²) in [4.78, 5) is 21.2. The molecule has 0 saturated carbocycles. The minimum atomic E-state index is 0.0937. The highest BCUT2D eigenvalue weighted by Gasteiger charge is 2.24. The molecule has 4 nitrogen and oxygen atoms in total. The number of hydrogen-bond donors (Lipinski definition) is 0. The number of carbonyl (C=O) groups is 1. The molecule has 1 aliphatic heterocycles. The van der Waals surface area contributed by atoms with Crippen molar-refractivity contribution in [3.63, 3.8) is 0 Å². The van der Waals surface area contributed by atoms with Crippen LogP contribution in [-0.4, -0.2) is 42.0 Å². The number of nitrogens with zero attached hydrogens (tertiary/aromatic N) is 3. The highest BCUT2D eigenvalue weighted by molar-refractivity contribution is 5.95. The van der Waals surface area contributed by atoms with Gasteiger partial charge in [0.05, 0.1) is 5.56 Å². The maximum Gasteiger partial charge on any atom is 0.255 e. The molecular weight excluding hydrogens is 286 g/mol. The second kappa shape index (κ2) is 6.41. The van der Waals surface area contributed by atoms with Gasteiger partial charge in [0.1, 0.15) is 0 Å². The Balaban J connectivity index is 1.70. The fourth-order valence-corrected chi connectivity index (χ4v) is 3.11. The monoisotopic (exact) mass is 309 g/mol. The molecule has 0 spiro atoms. The average Bonchev–Trinajstić information content (AvgIpc) is 2.57. The molecule has 0 atom stereocenters. The lowest BCUT2D eigenvalue weighted by Gasteiger charge is -2.37. The maximum atomic E-state index is 12.7. The number of carbonyl (C=O) groups excluding carboxylic acids is 1. The molecule has 23 heavy (non-hydrogen) atoms.